The minimum atomic E-state index is 0.208. The number of aryl methyl sites for hydroxylation is 1. The van der Waals surface area contributed by atoms with Crippen LogP contribution in [0.3, 0.4) is 0 Å². The van der Waals surface area contributed by atoms with Crippen LogP contribution in [0.15, 0.2) is 46.2 Å². The van der Waals surface area contributed by atoms with Gasteiger partial charge in [-0.15, -0.1) is 0 Å². The highest BCUT2D eigenvalue weighted by Gasteiger charge is 2.27. The first kappa shape index (κ1) is 15.2. The smallest absolute Gasteiger partial charge is 0.0619 e. The van der Waals surface area contributed by atoms with Gasteiger partial charge in [-0.3, -0.25) is 0 Å². The quantitative estimate of drug-likeness (QED) is 0.663. The summed E-state index contributed by atoms with van der Waals surface area (Å²) in [5.41, 5.74) is 5.81. The Morgan fingerprint density at radius 2 is 1.50 bits per heavy atom. The Morgan fingerprint density at radius 1 is 0.850 bits per heavy atom. The van der Waals surface area contributed by atoms with Crippen LogP contribution in [0.25, 0.3) is 0 Å². The Bertz CT molecular complexity index is 584. The van der Waals surface area contributed by atoms with Crippen LogP contribution in [0, 0.1) is 27.7 Å². The Morgan fingerprint density at radius 3 is 2.10 bits per heavy atom. The Labute approximate surface area is 126 Å². The molecule has 0 nitrogen and oxygen atoms in total. The molecule has 2 aromatic rings. The van der Waals surface area contributed by atoms with E-state index in [-0.39, 0.29) is 10.9 Å². The van der Waals surface area contributed by atoms with Crippen LogP contribution in [-0.4, -0.2) is 5.75 Å². The second-order valence-electron chi connectivity index (χ2n) is 5.47. The van der Waals surface area contributed by atoms with Gasteiger partial charge in [0.2, 0.25) is 0 Å². The second kappa shape index (κ2) is 6.49. The van der Waals surface area contributed by atoms with E-state index >= 15 is 0 Å². The van der Waals surface area contributed by atoms with E-state index in [1.54, 1.807) is 4.90 Å². The first-order valence-electron chi connectivity index (χ1n) is 7.39. The normalized spacial score (nSPS) is 12.4. The van der Waals surface area contributed by atoms with Crippen LogP contribution in [0.1, 0.15) is 35.6 Å². The molecule has 2 aromatic carbocycles. The molecule has 2 rings (SSSR count). The van der Waals surface area contributed by atoms with Crippen molar-refractivity contribution in [2.45, 2.75) is 50.8 Å². The molecule has 1 atom stereocenters. The molecule has 0 fully saturated rings. The predicted molar refractivity (Wildman–Crippen MR) is 90.9 cm³/mol. The lowest BCUT2D eigenvalue weighted by Gasteiger charge is -2.15. The molecule has 0 aliphatic rings. The summed E-state index contributed by atoms with van der Waals surface area (Å²) in [5.74, 6) is 1.24. The van der Waals surface area contributed by atoms with Crippen molar-refractivity contribution >= 4 is 10.9 Å². The van der Waals surface area contributed by atoms with Gasteiger partial charge in [0, 0.05) is 5.56 Å². The summed E-state index contributed by atoms with van der Waals surface area (Å²) in [4.78, 5) is 3.01. The van der Waals surface area contributed by atoms with E-state index in [9.17, 15) is 0 Å². The van der Waals surface area contributed by atoms with Crippen LogP contribution in [0.2, 0.25) is 0 Å². The van der Waals surface area contributed by atoms with Gasteiger partial charge >= 0.3 is 0 Å². The third-order valence-corrected chi connectivity index (χ3v) is 6.75. The fraction of sp³-hybridized carbons (Fsp3) is 0.368. The van der Waals surface area contributed by atoms with E-state index in [1.165, 1.54) is 39.3 Å². The van der Waals surface area contributed by atoms with Gasteiger partial charge in [0.05, 0.1) is 10.9 Å². The molecule has 0 radical (unpaired) electrons. The molecule has 0 saturated heterocycles. The number of rotatable bonds is 4. The maximum atomic E-state index is 2.42. The third-order valence-electron chi connectivity index (χ3n) is 4.14. The van der Waals surface area contributed by atoms with Gasteiger partial charge in [-0.05, 0) is 69.0 Å². The van der Waals surface area contributed by atoms with E-state index in [1.807, 2.05) is 0 Å². The van der Waals surface area contributed by atoms with Crippen molar-refractivity contribution in [2.75, 3.05) is 5.75 Å². The Kier molecular flexibility index (Phi) is 4.93. The summed E-state index contributed by atoms with van der Waals surface area (Å²) in [6, 6.07) is 13.4. The maximum absolute atomic E-state index is 2.42. The monoisotopic (exact) mass is 285 g/mol. The highest BCUT2D eigenvalue weighted by atomic mass is 32.2. The lowest BCUT2D eigenvalue weighted by Crippen LogP contribution is -2.11. The Balaban J connectivity index is 2.56. The van der Waals surface area contributed by atoms with Crippen molar-refractivity contribution in [2.24, 2.45) is 0 Å². The van der Waals surface area contributed by atoms with Crippen molar-refractivity contribution < 1.29 is 0 Å². The molecule has 0 aliphatic carbocycles. The molecule has 0 aromatic heterocycles. The molecular formula is C19H25S+. The zero-order valence-electron chi connectivity index (χ0n) is 13.3. The van der Waals surface area contributed by atoms with Crippen LogP contribution in [0.4, 0.5) is 0 Å². The summed E-state index contributed by atoms with van der Waals surface area (Å²) < 4.78 is 0. The van der Waals surface area contributed by atoms with Crippen LogP contribution in [-0.2, 0) is 10.9 Å². The zero-order chi connectivity index (χ0) is 14.7. The molecule has 0 spiro atoms. The first-order valence-corrected chi connectivity index (χ1v) is 8.79. The van der Waals surface area contributed by atoms with Crippen molar-refractivity contribution in [3.05, 3.63) is 58.7 Å². The van der Waals surface area contributed by atoms with Gasteiger partial charge in [0.1, 0.15) is 5.75 Å². The molecular weight excluding hydrogens is 260 g/mol. The van der Waals surface area contributed by atoms with Gasteiger partial charge in [0.25, 0.3) is 0 Å². The molecule has 106 valence electrons. The number of benzene rings is 2. The van der Waals surface area contributed by atoms with Crippen LogP contribution < -0.4 is 0 Å². The molecule has 1 unspecified atom stereocenters. The SMILES string of the molecule is CCC[S+](c1ccccc1)c1cc(C)c(C)c(C)c1C. The van der Waals surface area contributed by atoms with Gasteiger partial charge in [-0.25, -0.2) is 0 Å². The summed E-state index contributed by atoms with van der Waals surface area (Å²) in [6.45, 7) is 11.3. The van der Waals surface area contributed by atoms with E-state index in [2.05, 4.69) is 71.0 Å². The number of hydrogen-bond donors (Lipinski definition) is 0. The lowest BCUT2D eigenvalue weighted by molar-refractivity contribution is 1.07. The highest BCUT2D eigenvalue weighted by molar-refractivity contribution is 7.97. The molecule has 1 heteroatoms. The van der Waals surface area contributed by atoms with E-state index < -0.39 is 0 Å². The molecule has 0 amide bonds. The molecule has 0 saturated carbocycles. The van der Waals surface area contributed by atoms with Gasteiger partial charge < -0.3 is 0 Å². The van der Waals surface area contributed by atoms with Crippen molar-refractivity contribution in [1.29, 1.82) is 0 Å². The summed E-state index contributed by atoms with van der Waals surface area (Å²) in [6.07, 6.45) is 1.23. The fourth-order valence-corrected chi connectivity index (χ4v) is 5.02. The van der Waals surface area contributed by atoms with Crippen molar-refractivity contribution in [1.82, 2.24) is 0 Å². The summed E-state index contributed by atoms with van der Waals surface area (Å²) in [7, 11) is 0.208. The molecule has 20 heavy (non-hydrogen) atoms. The van der Waals surface area contributed by atoms with E-state index in [0.717, 1.165) is 0 Å². The largest absolute Gasteiger partial charge is 0.164 e. The average Bonchev–Trinajstić information content (AvgIpc) is 2.47. The average molecular weight is 285 g/mol. The summed E-state index contributed by atoms with van der Waals surface area (Å²) in [5, 5.41) is 0. The second-order valence-corrected chi connectivity index (χ2v) is 7.58. The standard InChI is InChI=1S/C19H25S/c1-6-12-20(18-10-8-7-9-11-18)19-13-14(2)15(3)16(4)17(19)5/h7-11,13H,6,12H2,1-5H3/q+1. The lowest BCUT2D eigenvalue weighted by atomic mass is 10.00. The van der Waals surface area contributed by atoms with Crippen LogP contribution in [0.5, 0.6) is 0 Å². The topological polar surface area (TPSA) is 0 Å². The van der Waals surface area contributed by atoms with E-state index in [4.69, 9.17) is 0 Å². The molecule has 0 bridgehead atoms. The minimum Gasteiger partial charge on any atom is -0.0619 e. The van der Waals surface area contributed by atoms with Crippen LogP contribution >= 0.6 is 0 Å². The molecule has 0 aliphatic heterocycles. The maximum Gasteiger partial charge on any atom is 0.164 e. The van der Waals surface area contributed by atoms with Gasteiger partial charge in [0.15, 0.2) is 9.79 Å². The third kappa shape index (κ3) is 2.93. The summed E-state index contributed by atoms with van der Waals surface area (Å²) >= 11 is 0. The van der Waals surface area contributed by atoms with Crippen molar-refractivity contribution in [3.63, 3.8) is 0 Å². The van der Waals surface area contributed by atoms with Gasteiger partial charge in [-0.1, -0.05) is 25.1 Å². The minimum absolute atomic E-state index is 0.208. The number of hydrogen-bond acceptors (Lipinski definition) is 0. The van der Waals surface area contributed by atoms with E-state index in [0.29, 0.717) is 0 Å². The first-order chi connectivity index (χ1) is 9.56. The molecule has 0 N–H and O–H groups in total. The fourth-order valence-electron chi connectivity index (χ4n) is 2.57. The van der Waals surface area contributed by atoms with Crippen molar-refractivity contribution in [3.8, 4) is 0 Å². The highest BCUT2D eigenvalue weighted by Crippen LogP contribution is 2.31. The van der Waals surface area contributed by atoms with Gasteiger partial charge in [-0.2, -0.15) is 0 Å². The molecule has 0 heterocycles. The Hall–Kier alpha value is -1.21. The zero-order valence-corrected chi connectivity index (χ0v) is 14.1. The predicted octanol–water partition coefficient (Wildman–Crippen LogP) is 5.37.